The van der Waals surface area contributed by atoms with Gasteiger partial charge in [-0.2, -0.15) is 0 Å². The van der Waals surface area contributed by atoms with Crippen LogP contribution in [0.2, 0.25) is 13.1 Å². The van der Waals surface area contributed by atoms with E-state index in [1.165, 1.54) is 0 Å². The molecule has 39 valence electrons. The Morgan fingerprint density at radius 3 is 2.86 bits per heavy atom. The standard InChI is InChI=1S/C5H10BO/c1-6-4-2-3-5-7/h5H,2-4H2,1H3. The molecule has 0 aromatic heterocycles. The van der Waals surface area contributed by atoms with Crippen LogP contribution in [0, 0.1) is 0 Å². The van der Waals surface area contributed by atoms with Crippen LogP contribution in [0.5, 0.6) is 0 Å². The number of carbonyl (C=O) groups excluding carboxylic acids is 1. The summed E-state index contributed by atoms with van der Waals surface area (Å²) in [5.74, 6) is 0. The molecule has 1 nitrogen and oxygen atoms in total. The van der Waals surface area contributed by atoms with Crippen molar-refractivity contribution in [1.82, 2.24) is 0 Å². The molecule has 0 aliphatic rings. The smallest absolute Gasteiger partial charge is 0.119 e. The lowest BCUT2D eigenvalue weighted by atomic mass is 9.76. The Bertz CT molecular complexity index is 45.3. The molecule has 0 bridgehead atoms. The minimum atomic E-state index is 0.713. The highest BCUT2D eigenvalue weighted by molar-refractivity contribution is 6.33. The normalized spacial score (nSPS) is 8.14. The summed E-state index contributed by atoms with van der Waals surface area (Å²) in [6.07, 6.45) is 3.76. The van der Waals surface area contributed by atoms with Gasteiger partial charge in [-0.15, -0.1) is 0 Å². The van der Waals surface area contributed by atoms with E-state index in [4.69, 9.17) is 0 Å². The van der Waals surface area contributed by atoms with Crippen LogP contribution < -0.4 is 0 Å². The highest BCUT2D eigenvalue weighted by Crippen LogP contribution is 1.89. The maximum Gasteiger partial charge on any atom is 0.119 e. The van der Waals surface area contributed by atoms with Gasteiger partial charge in [0.15, 0.2) is 0 Å². The summed E-state index contributed by atoms with van der Waals surface area (Å²) in [7, 11) is 2.07. The molecular formula is C5H10BO. The van der Waals surface area contributed by atoms with Gasteiger partial charge in [-0.05, 0) is 0 Å². The molecule has 0 aliphatic carbocycles. The van der Waals surface area contributed by atoms with Crippen LogP contribution in [0.15, 0.2) is 0 Å². The first-order chi connectivity index (χ1) is 3.41. The second kappa shape index (κ2) is 5.73. The monoisotopic (exact) mass is 97.1 g/mol. The van der Waals surface area contributed by atoms with Gasteiger partial charge in [-0.1, -0.05) is 19.6 Å². The van der Waals surface area contributed by atoms with Crippen molar-refractivity contribution in [3.63, 3.8) is 0 Å². The van der Waals surface area contributed by atoms with Crippen molar-refractivity contribution in [2.45, 2.75) is 26.0 Å². The van der Waals surface area contributed by atoms with Gasteiger partial charge in [-0.3, -0.25) is 0 Å². The number of aldehydes is 1. The lowest BCUT2D eigenvalue weighted by Crippen LogP contribution is -1.80. The van der Waals surface area contributed by atoms with E-state index in [1.807, 2.05) is 6.82 Å². The average Bonchev–Trinajstić information content (AvgIpc) is 1.69. The zero-order valence-corrected chi connectivity index (χ0v) is 4.68. The Labute approximate surface area is 45.3 Å². The number of rotatable bonds is 4. The van der Waals surface area contributed by atoms with Crippen molar-refractivity contribution in [3.05, 3.63) is 0 Å². The summed E-state index contributed by atoms with van der Waals surface area (Å²) in [6.45, 7) is 2.00. The van der Waals surface area contributed by atoms with Gasteiger partial charge in [0.2, 0.25) is 0 Å². The van der Waals surface area contributed by atoms with Crippen molar-refractivity contribution in [2.75, 3.05) is 0 Å². The summed E-state index contributed by atoms with van der Waals surface area (Å²) in [5.41, 5.74) is 0. The molecule has 0 amide bonds. The van der Waals surface area contributed by atoms with E-state index in [9.17, 15) is 4.79 Å². The molecule has 0 spiro atoms. The number of hydrogen-bond donors (Lipinski definition) is 0. The molecule has 0 aromatic carbocycles. The Kier molecular flexibility index (Phi) is 5.52. The molecular weight excluding hydrogens is 86.9 g/mol. The van der Waals surface area contributed by atoms with Crippen LogP contribution in [0.4, 0.5) is 0 Å². The zero-order valence-electron chi connectivity index (χ0n) is 4.68. The van der Waals surface area contributed by atoms with Crippen LogP contribution in [-0.2, 0) is 4.79 Å². The maximum absolute atomic E-state index is 9.67. The summed E-state index contributed by atoms with van der Waals surface area (Å²) < 4.78 is 0. The lowest BCUT2D eigenvalue weighted by molar-refractivity contribution is -0.107. The molecule has 0 saturated carbocycles. The molecule has 0 rings (SSSR count). The molecule has 0 saturated heterocycles. The van der Waals surface area contributed by atoms with Crippen molar-refractivity contribution in [3.8, 4) is 0 Å². The maximum atomic E-state index is 9.67. The topological polar surface area (TPSA) is 17.1 Å². The SMILES string of the molecule is C[B]CCCC=O. The number of carbonyl (C=O) groups is 1. The second-order valence-corrected chi connectivity index (χ2v) is 1.51. The van der Waals surface area contributed by atoms with E-state index < -0.39 is 0 Å². The van der Waals surface area contributed by atoms with E-state index in [-0.39, 0.29) is 0 Å². The first-order valence-electron chi connectivity index (χ1n) is 2.63. The van der Waals surface area contributed by atoms with E-state index in [1.54, 1.807) is 0 Å². The predicted octanol–water partition coefficient (Wildman–Crippen LogP) is 1.14. The molecule has 0 unspecified atom stereocenters. The van der Waals surface area contributed by atoms with E-state index in [0.29, 0.717) is 6.42 Å². The van der Waals surface area contributed by atoms with E-state index in [0.717, 1.165) is 19.0 Å². The Balaban J connectivity index is 2.56. The number of unbranched alkanes of at least 4 members (excludes halogenated alkanes) is 1. The molecule has 0 aromatic rings. The fourth-order valence-corrected chi connectivity index (χ4v) is 0.405. The van der Waals surface area contributed by atoms with Crippen LogP contribution in [0.1, 0.15) is 12.8 Å². The molecule has 0 heterocycles. The molecule has 1 radical (unpaired) electrons. The third-order valence-corrected chi connectivity index (χ3v) is 0.815. The third kappa shape index (κ3) is 5.73. The fourth-order valence-electron chi connectivity index (χ4n) is 0.405. The molecule has 0 fully saturated rings. The Morgan fingerprint density at radius 1 is 1.71 bits per heavy atom. The van der Waals surface area contributed by atoms with Gasteiger partial charge >= 0.3 is 0 Å². The highest BCUT2D eigenvalue weighted by Gasteiger charge is 1.81. The van der Waals surface area contributed by atoms with Crippen molar-refractivity contribution >= 4 is 13.6 Å². The van der Waals surface area contributed by atoms with Crippen molar-refractivity contribution < 1.29 is 4.79 Å². The number of hydrogen-bond acceptors (Lipinski definition) is 1. The van der Waals surface area contributed by atoms with Crippen LogP contribution in [0.25, 0.3) is 0 Å². The van der Waals surface area contributed by atoms with Gasteiger partial charge in [0.05, 0.1) is 0 Å². The first kappa shape index (κ1) is 6.73. The summed E-state index contributed by atoms with van der Waals surface area (Å²) >= 11 is 0. The second-order valence-electron chi connectivity index (χ2n) is 1.51. The molecule has 0 atom stereocenters. The molecule has 0 N–H and O–H groups in total. The molecule has 2 heteroatoms. The fraction of sp³-hybridized carbons (Fsp3) is 0.800. The van der Waals surface area contributed by atoms with Gasteiger partial charge in [-0.25, -0.2) is 0 Å². The van der Waals surface area contributed by atoms with Crippen LogP contribution >= 0.6 is 0 Å². The van der Waals surface area contributed by atoms with Crippen molar-refractivity contribution in [2.24, 2.45) is 0 Å². The van der Waals surface area contributed by atoms with Crippen LogP contribution in [0.3, 0.4) is 0 Å². The Hall–Kier alpha value is -0.265. The first-order valence-corrected chi connectivity index (χ1v) is 2.63. The van der Waals surface area contributed by atoms with Gasteiger partial charge < -0.3 is 4.79 Å². The average molecular weight is 96.9 g/mol. The molecule has 7 heavy (non-hydrogen) atoms. The summed E-state index contributed by atoms with van der Waals surface area (Å²) in [5, 5.41) is 0. The minimum absolute atomic E-state index is 0.713. The van der Waals surface area contributed by atoms with Crippen LogP contribution in [-0.4, -0.2) is 13.6 Å². The minimum Gasteiger partial charge on any atom is -0.303 e. The Morgan fingerprint density at radius 2 is 2.43 bits per heavy atom. The quantitative estimate of drug-likeness (QED) is 0.292. The predicted molar refractivity (Wildman–Crippen MR) is 31.7 cm³/mol. The van der Waals surface area contributed by atoms with Gasteiger partial charge in [0.1, 0.15) is 13.6 Å². The van der Waals surface area contributed by atoms with Gasteiger partial charge in [0.25, 0.3) is 0 Å². The lowest BCUT2D eigenvalue weighted by Gasteiger charge is -1.84. The summed E-state index contributed by atoms with van der Waals surface area (Å²) in [6, 6.07) is 0. The zero-order chi connectivity index (χ0) is 5.54. The summed E-state index contributed by atoms with van der Waals surface area (Å²) in [4.78, 5) is 9.67. The largest absolute Gasteiger partial charge is 0.303 e. The highest BCUT2D eigenvalue weighted by atomic mass is 16.1. The van der Waals surface area contributed by atoms with Gasteiger partial charge in [0, 0.05) is 6.42 Å². The third-order valence-electron chi connectivity index (χ3n) is 0.815. The van der Waals surface area contributed by atoms with E-state index >= 15 is 0 Å². The molecule has 0 aliphatic heterocycles. The van der Waals surface area contributed by atoms with Crippen molar-refractivity contribution in [1.29, 1.82) is 0 Å². The van der Waals surface area contributed by atoms with E-state index in [2.05, 4.69) is 7.28 Å².